The molecule has 0 saturated heterocycles. The number of benzene rings is 2. The maximum absolute atomic E-state index is 3.96. The first-order chi connectivity index (χ1) is 12.2. The molecule has 1 aliphatic rings. The fourth-order valence-electron chi connectivity index (χ4n) is 4.25. The van der Waals surface area contributed by atoms with E-state index in [2.05, 4.69) is 85.1 Å². The molecule has 0 radical (unpaired) electrons. The number of rotatable bonds is 4. The molecule has 2 aromatic carbocycles. The molecule has 1 atom stereocenters. The Balaban J connectivity index is 1.85. The Bertz CT molecular complexity index is 834. The minimum Gasteiger partial charge on any atom is -0.324 e. The second kappa shape index (κ2) is 7.42. The molecule has 0 aliphatic heterocycles. The van der Waals surface area contributed by atoms with Crippen LogP contribution in [0, 0.1) is 0 Å². The maximum Gasteiger partial charge on any atom is 0.0845 e. The molecular weight excluding hydrogens is 440 g/mol. The van der Waals surface area contributed by atoms with Gasteiger partial charge in [-0.1, -0.05) is 58.0 Å². The summed E-state index contributed by atoms with van der Waals surface area (Å²) in [5, 5.41) is 6.59. The largest absolute Gasteiger partial charge is 0.324 e. The summed E-state index contributed by atoms with van der Waals surface area (Å²) in [6, 6.07) is 13.9. The van der Waals surface area contributed by atoms with Crippen LogP contribution in [0.3, 0.4) is 0 Å². The standard InChI is InChI=1S/C21H24Br2N2/c1-2-21(24-16-6-4-3-5-7-16)25-19-10-8-14(22)12-17(19)18-13-15(23)9-11-20(18)25/h8-13,16,21,24H,2-7H2,1H3. The summed E-state index contributed by atoms with van der Waals surface area (Å²) < 4.78 is 4.78. The van der Waals surface area contributed by atoms with Crippen LogP contribution >= 0.6 is 31.9 Å². The molecule has 1 N–H and O–H groups in total. The normalized spacial score (nSPS) is 17.4. The number of hydrogen-bond donors (Lipinski definition) is 1. The number of nitrogens with one attached hydrogen (secondary N) is 1. The van der Waals surface area contributed by atoms with E-state index < -0.39 is 0 Å². The van der Waals surface area contributed by atoms with E-state index in [0.29, 0.717) is 12.2 Å². The van der Waals surface area contributed by atoms with Crippen molar-refractivity contribution in [3.8, 4) is 0 Å². The Hall–Kier alpha value is -0.840. The van der Waals surface area contributed by atoms with E-state index in [1.54, 1.807) is 0 Å². The lowest BCUT2D eigenvalue weighted by atomic mass is 9.95. The van der Waals surface area contributed by atoms with Gasteiger partial charge in [0.15, 0.2) is 0 Å². The third-order valence-corrected chi connectivity index (χ3v) is 6.44. The Morgan fingerprint density at radius 3 is 2.04 bits per heavy atom. The number of halogens is 2. The first kappa shape index (κ1) is 17.6. The van der Waals surface area contributed by atoms with Crippen LogP contribution < -0.4 is 5.32 Å². The summed E-state index contributed by atoms with van der Waals surface area (Å²) in [5.41, 5.74) is 2.62. The van der Waals surface area contributed by atoms with Gasteiger partial charge < -0.3 is 4.57 Å². The summed E-state index contributed by atoms with van der Waals surface area (Å²) in [6.07, 6.45) is 8.16. The van der Waals surface area contributed by atoms with Gasteiger partial charge in [0.2, 0.25) is 0 Å². The highest BCUT2D eigenvalue weighted by Crippen LogP contribution is 2.35. The predicted molar refractivity (Wildman–Crippen MR) is 114 cm³/mol. The van der Waals surface area contributed by atoms with Crippen molar-refractivity contribution in [1.82, 2.24) is 9.88 Å². The van der Waals surface area contributed by atoms with Crippen molar-refractivity contribution in [2.75, 3.05) is 0 Å². The Labute approximate surface area is 166 Å². The lowest BCUT2D eigenvalue weighted by molar-refractivity contribution is 0.294. The van der Waals surface area contributed by atoms with E-state index in [1.807, 2.05) is 0 Å². The van der Waals surface area contributed by atoms with Gasteiger partial charge in [0, 0.05) is 25.8 Å². The van der Waals surface area contributed by atoms with Crippen LogP contribution in [0.4, 0.5) is 0 Å². The van der Waals surface area contributed by atoms with Gasteiger partial charge in [-0.05, 0) is 55.7 Å². The van der Waals surface area contributed by atoms with E-state index in [-0.39, 0.29) is 0 Å². The van der Waals surface area contributed by atoms with E-state index in [9.17, 15) is 0 Å². The number of fused-ring (bicyclic) bond motifs is 3. The van der Waals surface area contributed by atoms with Gasteiger partial charge in [0.25, 0.3) is 0 Å². The third kappa shape index (κ3) is 3.41. The lowest BCUT2D eigenvalue weighted by Gasteiger charge is -2.30. The monoisotopic (exact) mass is 462 g/mol. The van der Waals surface area contributed by atoms with Crippen molar-refractivity contribution in [2.24, 2.45) is 0 Å². The van der Waals surface area contributed by atoms with Gasteiger partial charge in [-0.25, -0.2) is 0 Å². The van der Waals surface area contributed by atoms with Crippen LogP contribution in [0.5, 0.6) is 0 Å². The second-order valence-corrected chi connectivity index (χ2v) is 8.95. The molecule has 1 saturated carbocycles. The van der Waals surface area contributed by atoms with Crippen molar-refractivity contribution < 1.29 is 0 Å². The predicted octanol–water partition coefficient (Wildman–Crippen LogP) is 7.15. The number of hydrogen-bond acceptors (Lipinski definition) is 1. The highest BCUT2D eigenvalue weighted by molar-refractivity contribution is 9.10. The quantitative estimate of drug-likeness (QED) is 0.434. The van der Waals surface area contributed by atoms with Crippen LogP contribution in [0.2, 0.25) is 0 Å². The van der Waals surface area contributed by atoms with Crippen LogP contribution in [0.1, 0.15) is 51.6 Å². The van der Waals surface area contributed by atoms with Crippen molar-refractivity contribution in [3.05, 3.63) is 45.3 Å². The number of aromatic nitrogens is 1. The molecule has 132 valence electrons. The second-order valence-electron chi connectivity index (χ2n) is 7.12. The first-order valence-electron chi connectivity index (χ1n) is 9.32. The smallest absolute Gasteiger partial charge is 0.0845 e. The lowest BCUT2D eigenvalue weighted by Crippen LogP contribution is -2.36. The Kier molecular flexibility index (Phi) is 5.21. The van der Waals surface area contributed by atoms with Crippen molar-refractivity contribution in [2.45, 2.75) is 57.7 Å². The molecule has 0 amide bonds. The van der Waals surface area contributed by atoms with Gasteiger partial charge in [-0.15, -0.1) is 0 Å². The first-order valence-corrected chi connectivity index (χ1v) is 10.9. The molecule has 25 heavy (non-hydrogen) atoms. The van der Waals surface area contributed by atoms with Gasteiger partial charge in [-0.3, -0.25) is 5.32 Å². The van der Waals surface area contributed by atoms with Crippen molar-refractivity contribution in [3.63, 3.8) is 0 Å². The molecular formula is C21H24Br2N2. The molecule has 3 aromatic rings. The van der Waals surface area contributed by atoms with Crippen molar-refractivity contribution >= 4 is 53.7 Å². The summed E-state index contributed by atoms with van der Waals surface area (Å²) in [6.45, 7) is 2.29. The van der Waals surface area contributed by atoms with E-state index in [0.717, 1.165) is 15.4 Å². The summed E-state index contributed by atoms with van der Waals surface area (Å²) in [5.74, 6) is 0. The fraction of sp³-hybridized carbons (Fsp3) is 0.429. The van der Waals surface area contributed by atoms with Crippen LogP contribution in [-0.4, -0.2) is 10.6 Å². The molecule has 1 fully saturated rings. The summed E-state index contributed by atoms with van der Waals surface area (Å²) in [7, 11) is 0. The average Bonchev–Trinajstić information content (AvgIpc) is 2.93. The summed E-state index contributed by atoms with van der Waals surface area (Å²) in [4.78, 5) is 0. The molecule has 4 heteroatoms. The average molecular weight is 464 g/mol. The zero-order chi connectivity index (χ0) is 17.4. The molecule has 1 heterocycles. The molecule has 0 spiro atoms. The van der Waals surface area contributed by atoms with Crippen molar-refractivity contribution in [1.29, 1.82) is 0 Å². The third-order valence-electron chi connectivity index (χ3n) is 5.46. The molecule has 1 aromatic heterocycles. The molecule has 4 rings (SSSR count). The zero-order valence-electron chi connectivity index (χ0n) is 14.6. The summed E-state index contributed by atoms with van der Waals surface area (Å²) >= 11 is 7.29. The molecule has 2 nitrogen and oxygen atoms in total. The maximum atomic E-state index is 3.96. The zero-order valence-corrected chi connectivity index (χ0v) is 17.7. The van der Waals surface area contributed by atoms with Gasteiger partial charge in [0.05, 0.1) is 17.2 Å². The highest BCUT2D eigenvalue weighted by atomic mass is 79.9. The SMILES string of the molecule is CCC(NC1CCCCC1)n1c2ccc(Br)cc2c2cc(Br)ccc21. The van der Waals surface area contributed by atoms with E-state index >= 15 is 0 Å². The highest BCUT2D eigenvalue weighted by Gasteiger charge is 2.21. The minimum atomic E-state index is 0.338. The van der Waals surface area contributed by atoms with Crippen LogP contribution in [0.25, 0.3) is 21.8 Å². The minimum absolute atomic E-state index is 0.338. The molecule has 1 unspecified atom stereocenters. The molecule has 0 bridgehead atoms. The fourth-order valence-corrected chi connectivity index (χ4v) is 4.97. The number of nitrogens with zero attached hydrogens (tertiary/aromatic N) is 1. The van der Waals surface area contributed by atoms with E-state index in [4.69, 9.17) is 0 Å². The Morgan fingerprint density at radius 2 is 1.52 bits per heavy atom. The molecule has 1 aliphatic carbocycles. The van der Waals surface area contributed by atoms with Crippen LogP contribution in [-0.2, 0) is 0 Å². The van der Waals surface area contributed by atoms with E-state index in [1.165, 1.54) is 53.9 Å². The Morgan fingerprint density at radius 1 is 0.960 bits per heavy atom. The van der Waals surface area contributed by atoms with Gasteiger partial charge >= 0.3 is 0 Å². The van der Waals surface area contributed by atoms with Gasteiger partial charge in [0.1, 0.15) is 0 Å². The van der Waals surface area contributed by atoms with Crippen LogP contribution in [0.15, 0.2) is 45.3 Å². The van der Waals surface area contributed by atoms with Gasteiger partial charge in [-0.2, -0.15) is 0 Å². The topological polar surface area (TPSA) is 17.0 Å².